The van der Waals surface area contributed by atoms with E-state index >= 15 is 0 Å². The number of piperidine rings is 2. The highest BCUT2D eigenvalue weighted by Gasteiger charge is 2.52. The normalized spacial score (nSPS) is 34.8. The lowest BCUT2D eigenvalue weighted by molar-refractivity contribution is 0.109. The molecular formula is C46H46N6. The van der Waals surface area contributed by atoms with Crippen LogP contribution in [0.4, 0.5) is 11.4 Å². The zero-order valence-corrected chi connectivity index (χ0v) is 30.3. The van der Waals surface area contributed by atoms with E-state index in [0.717, 1.165) is 28.6 Å². The lowest BCUT2D eigenvalue weighted by atomic mass is 9.59. The van der Waals surface area contributed by atoms with Crippen LogP contribution in [0.5, 0.6) is 0 Å². The minimum atomic E-state index is -0.266. The summed E-state index contributed by atoms with van der Waals surface area (Å²) in [5.41, 5.74) is 4.83. The van der Waals surface area contributed by atoms with Crippen LogP contribution in [-0.2, 0) is 0 Å². The first-order valence-corrected chi connectivity index (χ1v) is 19.0. The fraction of sp³-hybridized carbons (Fsp3) is 0.326. The number of nitrogens with zero attached hydrogens (tertiary/aromatic N) is 5. The van der Waals surface area contributed by atoms with Crippen LogP contribution in [0.1, 0.15) is 38.8 Å². The molecule has 0 bridgehead atoms. The first-order chi connectivity index (χ1) is 25.3. The van der Waals surface area contributed by atoms with Gasteiger partial charge in [-0.1, -0.05) is 125 Å². The molecule has 52 heavy (non-hydrogen) atoms. The molecule has 9 atom stereocenters. The molecule has 260 valence electrons. The molecule has 2 aromatic carbocycles. The third-order valence-corrected chi connectivity index (χ3v) is 13.2. The van der Waals surface area contributed by atoms with Crippen molar-refractivity contribution in [2.45, 2.75) is 58.0 Å². The molecule has 10 rings (SSSR count). The van der Waals surface area contributed by atoms with Gasteiger partial charge < -0.3 is 15.1 Å². The summed E-state index contributed by atoms with van der Waals surface area (Å²) in [4.78, 5) is 20.0. The number of rotatable bonds is 4. The minimum absolute atomic E-state index is 0.155. The summed E-state index contributed by atoms with van der Waals surface area (Å²) in [7, 11) is 0. The van der Waals surface area contributed by atoms with E-state index in [-0.39, 0.29) is 17.0 Å². The maximum Gasteiger partial charge on any atom is 0.183 e. The number of anilines is 2. The molecule has 0 spiro atoms. The van der Waals surface area contributed by atoms with Crippen LogP contribution >= 0.6 is 0 Å². The predicted molar refractivity (Wildman–Crippen MR) is 215 cm³/mol. The highest BCUT2D eigenvalue weighted by Crippen LogP contribution is 2.53. The fourth-order valence-corrected chi connectivity index (χ4v) is 10.4. The zero-order valence-electron chi connectivity index (χ0n) is 30.3. The molecule has 4 aliphatic carbocycles. The van der Waals surface area contributed by atoms with Gasteiger partial charge in [0.15, 0.2) is 17.8 Å². The SMILES string of the molecule is CC1(C)C2C=CC=CC2N(c2ccc(C3=NC4NC(c5ccc(N6C7C=CC=CC7C(C)(C)C7C=CC=CC76)cc5)=NC4=N3)cc2)C2C=CC=CC21. The Kier molecular flexibility index (Phi) is 7.05. The van der Waals surface area contributed by atoms with Crippen molar-refractivity contribution >= 4 is 28.9 Å². The Hall–Kier alpha value is -5.23. The number of hydrogen-bond acceptors (Lipinski definition) is 6. The van der Waals surface area contributed by atoms with Gasteiger partial charge in [0.25, 0.3) is 0 Å². The van der Waals surface area contributed by atoms with Crippen molar-refractivity contribution in [3.05, 3.63) is 157 Å². The van der Waals surface area contributed by atoms with Gasteiger partial charge >= 0.3 is 0 Å². The first-order valence-electron chi connectivity index (χ1n) is 19.0. The van der Waals surface area contributed by atoms with Gasteiger partial charge in [-0.25, -0.2) is 15.0 Å². The van der Waals surface area contributed by atoms with E-state index in [1.165, 1.54) is 11.4 Å². The van der Waals surface area contributed by atoms with Crippen LogP contribution in [0.3, 0.4) is 0 Å². The summed E-state index contributed by atoms with van der Waals surface area (Å²) in [5, 5.41) is 3.54. The Morgan fingerprint density at radius 2 is 0.865 bits per heavy atom. The maximum atomic E-state index is 4.98. The molecule has 0 saturated carbocycles. The Bertz CT molecular complexity index is 2060. The van der Waals surface area contributed by atoms with Crippen molar-refractivity contribution in [2.24, 2.45) is 49.5 Å². The number of hydrogen-bond donors (Lipinski definition) is 1. The quantitative estimate of drug-likeness (QED) is 0.353. The second kappa shape index (κ2) is 11.6. The lowest BCUT2D eigenvalue weighted by Crippen LogP contribution is -2.61. The molecule has 6 nitrogen and oxygen atoms in total. The van der Waals surface area contributed by atoms with E-state index in [0.29, 0.717) is 47.8 Å². The summed E-state index contributed by atoms with van der Waals surface area (Å²) in [6.07, 6.45) is 36.6. The van der Waals surface area contributed by atoms with Gasteiger partial charge in [0.1, 0.15) is 5.84 Å². The second-order valence-corrected chi connectivity index (χ2v) is 16.6. The van der Waals surface area contributed by atoms with Crippen molar-refractivity contribution < 1.29 is 0 Å². The fourth-order valence-electron chi connectivity index (χ4n) is 10.4. The molecule has 6 heteroatoms. The highest BCUT2D eigenvalue weighted by atomic mass is 15.3. The van der Waals surface area contributed by atoms with Gasteiger partial charge in [0.05, 0.1) is 24.2 Å². The Balaban J connectivity index is 0.876. The van der Waals surface area contributed by atoms with Crippen LogP contribution in [0, 0.1) is 34.5 Å². The van der Waals surface area contributed by atoms with E-state index in [2.05, 4.69) is 189 Å². The predicted octanol–water partition coefficient (Wildman–Crippen LogP) is 8.36. The maximum absolute atomic E-state index is 4.98. The summed E-state index contributed by atoms with van der Waals surface area (Å²) in [5.74, 6) is 4.02. The molecule has 2 fully saturated rings. The van der Waals surface area contributed by atoms with Crippen LogP contribution in [0.2, 0.25) is 0 Å². The number of fused-ring (bicyclic) bond motifs is 5. The minimum Gasteiger partial charge on any atom is -0.357 e. The van der Waals surface area contributed by atoms with Gasteiger partial charge in [0.2, 0.25) is 0 Å². The zero-order chi connectivity index (χ0) is 35.2. The van der Waals surface area contributed by atoms with Crippen LogP contribution < -0.4 is 15.1 Å². The lowest BCUT2D eigenvalue weighted by Gasteiger charge is -2.58. The smallest absolute Gasteiger partial charge is 0.183 e. The number of aliphatic imine (C=N–C) groups is 3. The molecule has 0 aromatic heterocycles. The molecule has 4 aliphatic heterocycles. The number of allylic oxidation sites excluding steroid dienone is 8. The van der Waals surface area contributed by atoms with Crippen molar-refractivity contribution in [3.63, 3.8) is 0 Å². The summed E-state index contributed by atoms with van der Waals surface area (Å²) in [6.45, 7) is 9.72. The van der Waals surface area contributed by atoms with Gasteiger partial charge in [-0.15, -0.1) is 0 Å². The average molecular weight is 683 g/mol. The average Bonchev–Trinajstić information content (AvgIpc) is 3.76. The van der Waals surface area contributed by atoms with E-state index in [9.17, 15) is 0 Å². The van der Waals surface area contributed by atoms with E-state index in [1.807, 2.05) is 0 Å². The summed E-state index contributed by atoms with van der Waals surface area (Å²) in [6, 6.07) is 18.9. The summed E-state index contributed by atoms with van der Waals surface area (Å²) >= 11 is 0. The highest BCUT2D eigenvalue weighted by molar-refractivity contribution is 6.20. The van der Waals surface area contributed by atoms with Crippen molar-refractivity contribution in [2.75, 3.05) is 9.80 Å². The van der Waals surface area contributed by atoms with Gasteiger partial charge in [-0.2, -0.15) is 0 Å². The molecule has 8 aliphatic rings. The van der Waals surface area contributed by atoms with E-state index in [1.54, 1.807) is 0 Å². The van der Waals surface area contributed by atoms with Crippen LogP contribution in [0.25, 0.3) is 0 Å². The van der Waals surface area contributed by atoms with Crippen LogP contribution in [0.15, 0.2) is 161 Å². The monoisotopic (exact) mass is 682 g/mol. The molecule has 2 aromatic rings. The molecule has 9 unspecified atom stereocenters. The Morgan fingerprint density at radius 3 is 1.27 bits per heavy atom. The Labute approximate surface area is 307 Å². The number of benzene rings is 2. The summed E-state index contributed by atoms with van der Waals surface area (Å²) < 4.78 is 0. The second-order valence-electron chi connectivity index (χ2n) is 16.6. The number of amidine groups is 3. The topological polar surface area (TPSA) is 55.6 Å². The van der Waals surface area contributed by atoms with Crippen molar-refractivity contribution in [3.8, 4) is 0 Å². The molecule has 2 saturated heterocycles. The van der Waals surface area contributed by atoms with Crippen molar-refractivity contribution in [1.29, 1.82) is 0 Å². The van der Waals surface area contributed by atoms with Crippen molar-refractivity contribution in [1.82, 2.24) is 5.32 Å². The van der Waals surface area contributed by atoms with E-state index in [4.69, 9.17) is 15.0 Å². The van der Waals surface area contributed by atoms with Gasteiger partial charge in [0, 0.05) is 46.2 Å². The largest absolute Gasteiger partial charge is 0.357 e. The molecular weight excluding hydrogens is 637 g/mol. The molecule has 4 heterocycles. The molecule has 0 amide bonds. The van der Waals surface area contributed by atoms with Gasteiger partial charge in [-0.05, 0) is 59.4 Å². The standard InChI is InChI=1S/C46H46N6/c1-45(2)33-13-5-9-17-37(33)51(38-18-10-6-14-34(38)45)31-25-21-29(22-26-31)41-47-43-44(48-41)50-42(49-43)30-23-27-32(28-24-30)52-39-19-11-7-15-35(39)46(3,4)36-16-8-12-20-40(36)52/h5-28,33-40,43H,1-4H3,(H,47,48,49,50). The third-order valence-electron chi connectivity index (χ3n) is 13.2. The third kappa shape index (κ3) is 4.72. The van der Waals surface area contributed by atoms with Gasteiger partial charge in [-0.3, -0.25) is 0 Å². The van der Waals surface area contributed by atoms with E-state index < -0.39 is 0 Å². The molecule has 0 radical (unpaired) electrons. The Morgan fingerprint density at radius 1 is 0.481 bits per heavy atom. The van der Waals surface area contributed by atoms with Crippen LogP contribution in [-0.4, -0.2) is 47.8 Å². The molecule has 1 N–H and O–H groups in total. The number of nitrogens with one attached hydrogen (secondary N) is 1. The first kappa shape index (κ1) is 31.5.